The first-order valence-corrected chi connectivity index (χ1v) is 8.34. The third-order valence-electron chi connectivity index (χ3n) is 3.00. The minimum absolute atomic E-state index is 0.150. The monoisotopic (exact) mass is 360 g/mol. The van der Waals surface area contributed by atoms with Gasteiger partial charge in [0.1, 0.15) is 0 Å². The van der Waals surface area contributed by atoms with Crippen LogP contribution in [0.1, 0.15) is 18.9 Å². The van der Waals surface area contributed by atoms with E-state index in [0.717, 1.165) is 0 Å². The Morgan fingerprint density at radius 3 is 2.55 bits per heavy atom. The Morgan fingerprint density at radius 1 is 1.40 bits per heavy atom. The number of benzene rings is 1. The number of esters is 1. The van der Waals surface area contributed by atoms with Crippen LogP contribution in [-0.4, -0.2) is 35.7 Å². The summed E-state index contributed by atoms with van der Waals surface area (Å²) in [5.41, 5.74) is -1.24. The highest BCUT2D eigenvalue weighted by atomic mass is 79.9. The molecule has 0 saturated heterocycles. The topological polar surface area (TPSA) is 63.6 Å². The molecule has 20 heavy (non-hydrogen) atoms. The Labute approximate surface area is 131 Å². The number of hydrogen-bond acceptors (Lipinski definition) is 4. The van der Waals surface area contributed by atoms with E-state index in [2.05, 4.69) is 15.9 Å². The van der Waals surface area contributed by atoms with Gasteiger partial charge < -0.3 is 9.84 Å². The molecule has 4 nitrogen and oxygen atoms in total. The summed E-state index contributed by atoms with van der Waals surface area (Å²) in [6.45, 7) is 1.82. The van der Waals surface area contributed by atoms with Crippen LogP contribution in [0.2, 0.25) is 0 Å². The molecule has 0 radical (unpaired) electrons. The third-order valence-corrected chi connectivity index (χ3v) is 4.31. The molecule has 0 aromatic heterocycles. The van der Waals surface area contributed by atoms with Crippen molar-refractivity contribution >= 4 is 39.6 Å². The lowest BCUT2D eigenvalue weighted by Gasteiger charge is -2.28. The Hall–Kier alpha value is -1.01. The molecule has 0 saturated carbocycles. The smallest absolute Gasteiger partial charge is 0.328 e. The Bertz CT molecular complexity index is 492. The van der Waals surface area contributed by atoms with Crippen molar-refractivity contribution in [3.63, 3.8) is 0 Å². The number of carboxylic acid groups (broad SMARTS) is 1. The fraction of sp³-hybridized carbons (Fsp3) is 0.429. The van der Waals surface area contributed by atoms with Gasteiger partial charge in [-0.2, -0.15) is 11.8 Å². The van der Waals surface area contributed by atoms with Gasteiger partial charge in [0.25, 0.3) is 0 Å². The van der Waals surface area contributed by atoms with E-state index in [9.17, 15) is 14.7 Å². The second kappa shape index (κ2) is 7.69. The Balaban J connectivity index is 3.40. The van der Waals surface area contributed by atoms with E-state index in [1.54, 1.807) is 31.2 Å². The third kappa shape index (κ3) is 3.35. The highest BCUT2D eigenvalue weighted by Crippen LogP contribution is 2.36. The van der Waals surface area contributed by atoms with Gasteiger partial charge in [0.05, 0.1) is 6.61 Å². The first-order chi connectivity index (χ1) is 9.50. The molecule has 1 aromatic rings. The fourth-order valence-corrected chi connectivity index (χ4v) is 3.11. The highest BCUT2D eigenvalue weighted by Gasteiger charge is 2.49. The van der Waals surface area contributed by atoms with Crippen LogP contribution in [0.15, 0.2) is 28.7 Å². The molecule has 0 bridgehead atoms. The molecule has 0 fully saturated rings. The maximum Gasteiger partial charge on any atom is 0.328 e. The zero-order chi connectivity index (χ0) is 15.2. The molecule has 1 rings (SSSR count). The van der Waals surface area contributed by atoms with Gasteiger partial charge in [-0.05, 0) is 37.0 Å². The van der Waals surface area contributed by atoms with Gasteiger partial charge >= 0.3 is 11.9 Å². The normalized spacial score (nSPS) is 13.6. The molecule has 0 amide bonds. The first kappa shape index (κ1) is 17.0. The van der Waals surface area contributed by atoms with E-state index >= 15 is 0 Å². The second-order valence-electron chi connectivity index (χ2n) is 4.15. The van der Waals surface area contributed by atoms with Crippen LogP contribution in [0.4, 0.5) is 0 Å². The molecule has 6 heteroatoms. The zero-order valence-corrected chi connectivity index (χ0v) is 13.8. The Morgan fingerprint density at radius 2 is 2.05 bits per heavy atom. The number of carbonyl (C=O) groups excluding carboxylic acids is 1. The van der Waals surface area contributed by atoms with Crippen molar-refractivity contribution in [1.82, 2.24) is 0 Å². The van der Waals surface area contributed by atoms with Crippen molar-refractivity contribution in [1.29, 1.82) is 0 Å². The molecule has 1 unspecified atom stereocenters. The number of carbonyl (C=O) groups is 2. The predicted octanol–water partition coefficient (Wildman–Crippen LogP) is 3.09. The summed E-state index contributed by atoms with van der Waals surface area (Å²) < 4.78 is 5.62. The van der Waals surface area contributed by atoms with Crippen LogP contribution < -0.4 is 0 Å². The van der Waals surface area contributed by atoms with Crippen LogP contribution in [0.25, 0.3) is 0 Å². The number of carboxylic acids is 1. The molecule has 0 aliphatic carbocycles. The molecule has 0 aliphatic rings. The highest BCUT2D eigenvalue weighted by molar-refractivity contribution is 9.10. The molecule has 1 aromatic carbocycles. The Kier molecular flexibility index (Phi) is 6.55. The van der Waals surface area contributed by atoms with Gasteiger partial charge in [0.2, 0.25) is 0 Å². The number of thioether (sulfide) groups is 1. The van der Waals surface area contributed by atoms with Gasteiger partial charge in [-0.1, -0.05) is 34.1 Å². The minimum atomic E-state index is -1.67. The molecule has 1 N–H and O–H groups in total. The standard InChI is InChI=1S/C14H17BrO4S/c1-3-19-13(18)14(12(16)17,8-9-20-2)10-6-4-5-7-11(10)15/h4-7H,3,8-9H2,1-2H3,(H,16,17). The maximum absolute atomic E-state index is 12.3. The summed E-state index contributed by atoms with van der Waals surface area (Å²) in [7, 11) is 0. The molecular weight excluding hydrogens is 344 g/mol. The molecule has 0 heterocycles. The second-order valence-corrected chi connectivity index (χ2v) is 5.99. The quantitative estimate of drug-likeness (QED) is 0.597. The average molecular weight is 361 g/mol. The summed E-state index contributed by atoms with van der Waals surface area (Å²) >= 11 is 4.83. The zero-order valence-electron chi connectivity index (χ0n) is 11.4. The summed E-state index contributed by atoms with van der Waals surface area (Å²) in [6, 6.07) is 6.87. The van der Waals surface area contributed by atoms with Gasteiger partial charge in [0.15, 0.2) is 5.41 Å². The van der Waals surface area contributed by atoms with Crippen molar-refractivity contribution < 1.29 is 19.4 Å². The van der Waals surface area contributed by atoms with Crippen LogP contribution in [0.3, 0.4) is 0 Å². The van der Waals surface area contributed by atoms with Gasteiger partial charge in [-0.25, -0.2) is 0 Å². The summed E-state index contributed by atoms with van der Waals surface area (Å²) in [5, 5.41) is 9.69. The van der Waals surface area contributed by atoms with Gasteiger partial charge in [-0.15, -0.1) is 0 Å². The van der Waals surface area contributed by atoms with Crippen LogP contribution in [0, 0.1) is 0 Å². The first-order valence-electron chi connectivity index (χ1n) is 6.15. The molecule has 1 atom stereocenters. The van der Waals surface area contributed by atoms with E-state index in [0.29, 0.717) is 15.8 Å². The lowest BCUT2D eigenvalue weighted by atomic mass is 9.78. The van der Waals surface area contributed by atoms with Crippen LogP contribution >= 0.6 is 27.7 Å². The predicted molar refractivity (Wildman–Crippen MR) is 83.1 cm³/mol. The lowest BCUT2D eigenvalue weighted by molar-refractivity contribution is -0.161. The molecule has 0 spiro atoms. The molecule has 110 valence electrons. The SMILES string of the molecule is CCOC(=O)C(CCSC)(C(=O)O)c1ccccc1Br. The summed E-state index contributed by atoms with van der Waals surface area (Å²) in [5.74, 6) is -1.35. The average Bonchev–Trinajstić information content (AvgIpc) is 2.41. The van der Waals surface area contributed by atoms with Gasteiger partial charge in [-0.3, -0.25) is 9.59 Å². The summed E-state index contributed by atoms with van der Waals surface area (Å²) in [4.78, 5) is 24.2. The summed E-state index contributed by atoms with van der Waals surface area (Å²) in [6.07, 6.45) is 2.06. The van der Waals surface area contributed by atoms with E-state index in [1.165, 1.54) is 11.8 Å². The van der Waals surface area contributed by atoms with Crippen molar-refractivity contribution in [2.24, 2.45) is 0 Å². The van der Waals surface area contributed by atoms with Crippen LogP contribution in [-0.2, 0) is 19.7 Å². The van der Waals surface area contributed by atoms with Crippen molar-refractivity contribution in [2.75, 3.05) is 18.6 Å². The van der Waals surface area contributed by atoms with E-state index in [1.807, 2.05) is 6.26 Å². The molecule has 0 aliphatic heterocycles. The van der Waals surface area contributed by atoms with E-state index in [4.69, 9.17) is 4.74 Å². The minimum Gasteiger partial charge on any atom is -0.480 e. The number of hydrogen-bond donors (Lipinski definition) is 1. The van der Waals surface area contributed by atoms with Crippen LogP contribution in [0.5, 0.6) is 0 Å². The van der Waals surface area contributed by atoms with Crippen molar-refractivity contribution in [3.8, 4) is 0 Å². The molecular formula is C14H17BrO4S. The van der Waals surface area contributed by atoms with E-state index < -0.39 is 17.4 Å². The van der Waals surface area contributed by atoms with Gasteiger partial charge in [0, 0.05) is 4.47 Å². The lowest BCUT2D eigenvalue weighted by Crippen LogP contribution is -2.46. The number of ether oxygens (including phenoxy) is 1. The number of rotatable bonds is 7. The number of aliphatic carboxylic acids is 1. The van der Waals surface area contributed by atoms with E-state index in [-0.39, 0.29) is 13.0 Å². The van der Waals surface area contributed by atoms with Crippen molar-refractivity contribution in [2.45, 2.75) is 18.8 Å². The number of halogens is 1. The largest absolute Gasteiger partial charge is 0.480 e. The van der Waals surface area contributed by atoms with Crippen molar-refractivity contribution in [3.05, 3.63) is 34.3 Å². The maximum atomic E-state index is 12.3. The fourth-order valence-electron chi connectivity index (χ4n) is 1.97.